The summed E-state index contributed by atoms with van der Waals surface area (Å²) in [6.45, 7) is 0.442. The van der Waals surface area contributed by atoms with Gasteiger partial charge in [-0.2, -0.15) is 0 Å². The molecule has 0 radical (unpaired) electrons. The van der Waals surface area contributed by atoms with Gasteiger partial charge >= 0.3 is 0 Å². The first-order valence-electron chi connectivity index (χ1n) is 9.46. The summed E-state index contributed by atoms with van der Waals surface area (Å²) in [6.07, 6.45) is 0. The summed E-state index contributed by atoms with van der Waals surface area (Å²) in [5, 5.41) is 8.26. The Labute approximate surface area is 181 Å². The molecule has 1 aromatic heterocycles. The molecule has 0 aliphatic rings. The summed E-state index contributed by atoms with van der Waals surface area (Å²) in [7, 11) is 0. The van der Waals surface area contributed by atoms with E-state index in [2.05, 4.69) is 10.2 Å². The third-order valence-electron chi connectivity index (χ3n) is 4.66. The highest BCUT2D eigenvalue weighted by Crippen LogP contribution is 2.36. The SMILES string of the molecule is NC(=O)C(Sc1nnc(-c2ccc(F)cc2)n1Cc1ccccc1)c1ccc(F)cc1. The number of nitrogens with two attached hydrogens (primary N) is 1. The van der Waals surface area contributed by atoms with Crippen LogP contribution in [0.2, 0.25) is 0 Å². The van der Waals surface area contributed by atoms with Crippen LogP contribution in [0.1, 0.15) is 16.4 Å². The molecule has 0 spiro atoms. The van der Waals surface area contributed by atoms with Gasteiger partial charge < -0.3 is 5.73 Å². The second kappa shape index (κ2) is 9.09. The molecule has 31 heavy (non-hydrogen) atoms. The van der Waals surface area contributed by atoms with Crippen molar-refractivity contribution in [3.8, 4) is 11.4 Å². The van der Waals surface area contributed by atoms with Crippen LogP contribution >= 0.6 is 11.8 Å². The van der Waals surface area contributed by atoms with E-state index in [0.717, 1.165) is 17.3 Å². The maximum absolute atomic E-state index is 13.4. The lowest BCUT2D eigenvalue weighted by molar-refractivity contribution is -0.117. The van der Waals surface area contributed by atoms with Crippen molar-refractivity contribution in [3.05, 3.63) is 102 Å². The van der Waals surface area contributed by atoms with E-state index < -0.39 is 17.0 Å². The first-order chi connectivity index (χ1) is 15.0. The lowest BCUT2D eigenvalue weighted by Crippen LogP contribution is -2.19. The monoisotopic (exact) mass is 436 g/mol. The second-order valence-corrected chi connectivity index (χ2v) is 7.91. The molecule has 0 saturated heterocycles. The number of rotatable bonds is 7. The predicted octanol–water partition coefficient (Wildman–Crippen LogP) is 4.59. The van der Waals surface area contributed by atoms with Crippen LogP contribution in [-0.2, 0) is 11.3 Å². The molecule has 4 aromatic rings. The molecule has 4 rings (SSSR count). The molecule has 1 atom stereocenters. The lowest BCUT2D eigenvalue weighted by atomic mass is 10.1. The average Bonchev–Trinajstić information content (AvgIpc) is 3.16. The van der Waals surface area contributed by atoms with Crippen LogP contribution in [0.5, 0.6) is 0 Å². The van der Waals surface area contributed by atoms with Crippen molar-refractivity contribution in [2.75, 3.05) is 0 Å². The standard InChI is InChI=1S/C23H18F2N4OS/c24-18-10-6-16(7-11-18)20(21(26)30)31-23-28-27-22(17-8-12-19(25)13-9-17)29(23)14-15-4-2-1-3-5-15/h1-13,20H,14H2,(H2,26,30). The van der Waals surface area contributed by atoms with Crippen LogP contribution in [-0.4, -0.2) is 20.7 Å². The number of carbonyl (C=O) groups is 1. The van der Waals surface area contributed by atoms with Crippen molar-refractivity contribution >= 4 is 17.7 Å². The van der Waals surface area contributed by atoms with Crippen molar-refractivity contribution in [1.82, 2.24) is 14.8 Å². The Morgan fingerprint density at radius 3 is 2.13 bits per heavy atom. The zero-order chi connectivity index (χ0) is 21.8. The number of carbonyl (C=O) groups excluding carboxylic acids is 1. The second-order valence-electron chi connectivity index (χ2n) is 6.84. The zero-order valence-corrected chi connectivity index (χ0v) is 17.1. The van der Waals surface area contributed by atoms with Gasteiger partial charge in [-0.1, -0.05) is 54.2 Å². The Balaban J connectivity index is 1.74. The number of aromatic nitrogens is 3. The average molecular weight is 436 g/mol. The number of halogens is 2. The quantitative estimate of drug-likeness (QED) is 0.430. The number of thioether (sulfide) groups is 1. The first-order valence-corrected chi connectivity index (χ1v) is 10.3. The molecule has 8 heteroatoms. The van der Waals surface area contributed by atoms with Crippen molar-refractivity contribution in [2.45, 2.75) is 17.0 Å². The van der Waals surface area contributed by atoms with Crippen LogP contribution in [0.3, 0.4) is 0 Å². The Hall–Kier alpha value is -3.52. The van der Waals surface area contributed by atoms with Gasteiger partial charge in [-0.3, -0.25) is 9.36 Å². The number of nitrogens with zero attached hydrogens (tertiary/aromatic N) is 3. The fourth-order valence-electron chi connectivity index (χ4n) is 3.13. The Morgan fingerprint density at radius 2 is 1.52 bits per heavy atom. The number of amides is 1. The summed E-state index contributed by atoms with van der Waals surface area (Å²) >= 11 is 1.14. The third kappa shape index (κ3) is 4.80. The highest BCUT2D eigenvalue weighted by molar-refractivity contribution is 8.00. The summed E-state index contributed by atoms with van der Waals surface area (Å²) in [4.78, 5) is 12.2. The normalized spacial score (nSPS) is 11.9. The number of benzene rings is 3. The van der Waals surface area contributed by atoms with Crippen molar-refractivity contribution < 1.29 is 13.6 Å². The number of primary amides is 1. The van der Waals surface area contributed by atoms with Gasteiger partial charge in [-0.25, -0.2) is 8.78 Å². The molecular formula is C23H18F2N4OS. The largest absolute Gasteiger partial charge is 0.368 e. The fourth-order valence-corrected chi connectivity index (χ4v) is 4.12. The van der Waals surface area contributed by atoms with Crippen molar-refractivity contribution in [1.29, 1.82) is 0 Å². The van der Waals surface area contributed by atoms with Gasteiger partial charge in [0.1, 0.15) is 16.9 Å². The highest BCUT2D eigenvalue weighted by Gasteiger charge is 2.24. The van der Waals surface area contributed by atoms with Crippen LogP contribution in [0.4, 0.5) is 8.78 Å². The third-order valence-corrected chi connectivity index (χ3v) is 5.91. The molecular weight excluding hydrogens is 418 g/mol. The molecule has 2 N–H and O–H groups in total. The van der Waals surface area contributed by atoms with E-state index in [0.29, 0.717) is 28.7 Å². The lowest BCUT2D eigenvalue weighted by Gasteiger charge is -2.15. The van der Waals surface area contributed by atoms with Gasteiger partial charge in [-0.05, 0) is 47.5 Å². The van der Waals surface area contributed by atoms with E-state index in [9.17, 15) is 13.6 Å². The summed E-state index contributed by atoms with van der Waals surface area (Å²) in [5.41, 5.74) is 7.90. The van der Waals surface area contributed by atoms with Crippen LogP contribution < -0.4 is 5.73 Å². The van der Waals surface area contributed by atoms with E-state index in [4.69, 9.17) is 5.73 Å². The summed E-state index contributed by atoms with van der Waals surface area (Å²) < 4.78 is 28.6. The van der Waals surface area contributed by atoms with Gasteiger partial charge in [0.05, 0.1) is 6.54 Å². The van der Waals surface area contributed by atoms with E-state index in [1.165, 1.54) is 36.4 Å². The minimum atomic E-state index is -0.777. The maximum Gasteiger partial charge on any atom is 0.235 e. The predicted molar refractivity (Wildman–Crippen MR) is 115 cm³/mol. The van der Waals surface area contributed by atoms with E-state index in [1.807, 2.05) is 34.9 Å². The van der Waals surface area contributed by atoms with Crippen LogP contribution in [0, 0.1) is 11.6 Å². The molecule has 0 saturated carbocycles. The molecule has 3 aromatic carbocycles. The van der Waals surface area contributed by atoms with Gasteiger partial charge in [0, 0.05) is 5.56 Å². The Kier molecular flexibility index (Phi) is 6.08. The molecule has 0 aliphatic heterocycles. The topological polar surface area (TPSA) is 73.8 Å². The van der Waals surface area contributed by atoms with Gasteiger partial charge in [0.2, 0.25) is 5.91 Å². The van der Waals surface area contributed by atoms with Crippen LogP contribution in [0.25, 0.3) is 11.4 Å². The van der Waals surface area contributed by atoms with Gasteiger partial charge in [0.25, 0.3) is 0 Å². The Bertz CT molecular complexity index is 1180. The van der Waals surface area contributed by atoms with Gasteiger partial charge in [0.15, 0.2) is 11.0 Å². The van der Waals surface area contributed by atoms with Crippen LogP contribution in [0.15, 0.2) is 84.0 Å². The highest BCUT2D eigenvalue weighted by atomic mass is 32.2. The molecule has 0 aliphatic carbocycles. The van der Waals surface area contributed by atoms with E-state index in [-0.39, 0.29) is 5.82 Å². The Morgan fingerprint density at radius 1 is 0.903 bits per heavy atom. The minimum absolute atomic E-state index is 0.349. The van der Waals surface area contributed by atoms with E-state index >= 15 is 0 Å². The molecule has 0 bridgehead atoms. The first kappa shape index (κ1) is 20.7. The number of hydrogen-bond acceptors (Lipinski definition) is 4. The smallest absolute Gasteiger partial charge is 0.235 e. The maximum atomic E-state index is 13.4. The zero-order valence-electron chi connectivity index (χ0n) is 16.3. The number of hydrogen-bond donors (Lipinski definition) is 1. The molecule has 1 heterocycles. The summed E-state index contributed by atoms with van der Waals surface area (Å²) in [5.74, 6) is -0.789. The minimum Gasteiger partial charge on any atom is -0.368 e. The molecule has 1 amide bonds. The van der Waals surface area contributed by atoms with Crippen molar-refractivity contribution in [2.24, 2.45) is 5.73 Å². The molecule has 0 fully saturated rings. The fraction of sp³-hybridized carbons (Fsp3) is 0.0870. The molecule has 156 valence electrons. The molecule has 5 nitrogen and oxygen atoms in total. The summed E-state index contributed by atoms with van der Waals surface area (Å²) in [6, 6.07) is 21.3. The molecule has 1 unspecified atom stereocenters. The van der Waals surface area contributed by atoms with Crippen molar-refractivity contribution in [3.63, 3.8) is 0 Å². The van der Waals surface area contributed by atoms with E-state index in [1.54, 1.807) is 12.1 Å². The van der Waals surface area contributed by atoms with Gasteiger partial charge in [-0.15, -0.1) is 10.2 Å².